The molecule has 3 aromatic rings. The molecule has 7 heteroatoms. The number of benzene rings is 2. The first kappa shape index (κ1) is 17.9. The number of para-hydroxylation sites is 1. The number of anilines is 1. The predicted octanol–water partition coefficient (Wildman–Crippen LogP) is 4.27. The van der Waals surface area contributed by atoms with Gasteiger partial charge in [0.15, 0.2) is 5.13 Å². The van der Waals surface area contributed by atoms with Crippen molar-refractivity contribution in [1.29, 1.82) is 0 Å². The highest BCUT2D eigenvalue weighted by Crippen LogP contribution is 2.32. The van der Waals surface area contributed by atoms with E-state index in [2.05, 4.69) is 4.98 Å². The van der Waals surface area contributed by atoms with Crippen LogP contribution in [0.25, 0.3) is 10.2 Å². The van der Waals surface area contributed by atoms with Crippen molar-refractivity contribution >= 4 is 32.6 Å². The number of halogens is 1. The molecule has 1 saturated heterocycles. The number of carbonyl (C=O) groups is 1. The van der Waals surface area contributed by atoms with Crippen LogP contribution in [0.1, 0.15) is 23.2 Å². The first-order valence-corrected chi connectivity index (χ1v) is 9.60. The fourth-order valence-corrected chi connectivity index (χ4v) is 4.16. The maximum Gasteiger partial charge on any atom is 0.260 e. The van der Waals surface area contributed by atoms with Gasteiger partial charge in [-0.05, 0) is 43.2 Å². The van der Waals surface area contributed by atoms with E-state index in [0.717, 1.165) is 12.8 Å². The van der Waals surface area contributed by atoms with Crippen molar-refractivity contribution in [2.45, 2.75) is 18.9 Å². The van der Waals surface area contributed by atoms with Crippen LogP contribution in [0.4, 0.5) is 9.52 Å². The highest BCUT2D eigenvalue weighted by Gasteiger charge is 2.27. The van der Waals surface area contributed by atoms with E-state index in [-0.39, 0.29) is 23.3 Å². The van der Waals surface area contributed by atoms with E-state index in [9.17, 15) is 9.18 Å². The fourth-order valence-electron chi connectivity index (χ4n) is 3.17. The smallest absolute Gasteiger partial charge is 0.260 e. The van der Waals surface area contributed by atoms with Crippen molar-refractivity contribution in [3.8, 4) is 5.75 Å². The average Bonchev–Trinajstić information content (AvgIpc) is 3.36. The molecule has 0 radical (unpaired) electrons. The normalized spacial score (nSPS) is 16.6. The Labute approximate surface area is 160 Å². The molecular formula is C20H19FN2O3S. The van der Waals surface area contributed by atoms with Gasteiger partial charge in [0.2, 0.25) is 0 Å². The summed E-state index contributed by atoms with van der Waals surface area (Å²) in [5, 5.41) is 0.471. The van der Waals surface area contributed by atoms with Crippen LogP contribution in [0.2, 0.25) is 0 Å². The first-order valence-electron chi connectivity index (χ1n) is 8.78. The number of thiazole rings is 1. The summed E-state index contributed by atoms with van der Waals surface area (Å²) >= 11 is 1.30. The number of hydrogen-bond donors (Lipinski definition) is 0. The first-order chi connectivity index (χ1) is 13.2. The molecular weight excluding hydrogens is 367 g/mol. The molecule has 140 valence electrons. The molecule has 1 unspecified atom stereocenters. The van der Waals surface area contributed by atoms with E-state index in [1.165, 1.54) is 17.4 Å². The van der Waals surface area contributed by atoms with Crippen molar-refractivity contribution in [2.24, 2.45) is 0 Å². The van der Waals surface area contributed by atoms with Crippen molar-refractivity contribution < 1.29 is 18.7 Å². The topological polar surface area (TPSA) is 51.7 Å². The zero-order chi connectivity index (χ0) is 18.8. The lowest BCUT2D eigenvalue weighted by Gasteiger charge is -2.23. The Hall–Kier alpha value is -2.51. The molecule has 5 nitrogen and oxygen atoms in total. The van der Waals surface area contributed by atoms with Crippen LogP contribution in [0, 0.1) is 5.82 Å². The van der Waals surface area contributed by atoms with E-state index in [1.54, 1.807) is 48.4 Å². The number of rotatable bonds is 5. The summed E-state index contributed by atoms with van der Waals surface area (Å²) in [6.45, 7) is 1.08. The Morgan fingerprint density at radius 2 is 2.22 bits per heavy atom. The summed E-state index contributed by atoms with van der Waals surface area (Å²) in [4.78, 5) is 19.2. The molecule has 1 aromatic heterocycles. The third-order valence-electron chi connectivity index (χ3n) is 4.56. The number of fused-ring (bicyclic) bond motifs is 1. The van der Waals surface area contributed by atoms with E-state index in [0.29, 0.717) is 34.3 Å². The molecule has 27 heavy (non-hydrogen) atoms. The summed E-state index contributed by atoms with van der Waals surface area (Å²) in [5.74, 6) is 0.0121. The molecule has 0 spiro atoms. The largest absolute Gasteiger partial charge is 0.497 e. The van der Waals surface area contributed by atoms with Crippen LogP contribution in [-0.2, 0) is 4.74 Å². The molecule has 4 rings (SSSR count). The van der Waals surface area contributed by atoms with Gasteiger partial charge in [-0.1, -0.05) is 23.5 Å². The van der Waals surface area contributed by atoms with Crippen LogP contribution >= 0.6 is 11.3 Å². The minimum atomic E-state index is -0.388. The average molecular weight is 386 g/mol. The van der Waals surface area contributed by atoms with Gasteiger partial charge in [0.1, 0.15) is 17.1 Å². The highest BCUT2D eigenvalue weighted by molar-refractivity contribution is 7.22. The van der Waals surface area contributed by atoms with Crippen LogP contribution in [0.5, 0.6) is 5.75 Å². The van der Waals surface area contributed by atoms with E-state index >= 15 is 0 Å². The number of amides is 1. The van der Waals surface area contributed by atoms with Crippen molar-refractivity contribution in [3.63, 3.8) is 0 Å². The van der Waals surface area contributed by atoms with E-state index in [1.807, 2.05) is 0 Å². The minimum Gasteiger partial charge on any atom is -0.497 e. The Balaban J connectivity index is 1.72. The summed E-state index contributed by atoms with van der Waals surface area (Å²) in [5.41, 5.74) is 0.778. The second-order valence-electron chi connectivity index (χ2n) is 6.37. The lowest BCUT2D eigenvalue weighted by atomic mass is 10.1. The number of ether oxygens (including phenoxy) is 2. The van der Waals surface area contributed by atoms with Gasteiger partial charge in [0.25, 0.3) is 5.91 Å². The van der Waals surface area contributed by atoms with Crippen LogP contribution < -0.4 is 9.64 Å². The molecule has 1 atom stereocenters. The molecule has 1 amide bonds. The van der Waals surface area contributed by atoms with Crippen molar-refractivity contribution in [1.82, 2.24) is 4.98 Å². The van der Waals surface area contributed by atoms with Crippen LogP contribution in [0.15, 0.2) is 42.5 Å². The summed E-state index contributed by atoms with van der Waals surface area (Å²) in [7, 11) is 1.56. The van der Waals surface area contributed by atoms with Gasteiger partial charge in [-0.3, -0.25) is 9.69 Å². The maximum atomic E-state index is 14.1. The van der Waals surface area contributed by atoms with Crippen molar-refractivity contribution in [2.75, 3.05) is 25.2 Å². The molecule has 1 aliphatic rings. The Kier molecular flexibility index (Phi) is 5.05. The predicted molar refractivity (Wildman–Crippen MR) is 103 cm³/mol. The van der Waals surface area contributed by atoms with E-state index in [4.69, 9.17) is 9.47 Å². The van der Waals surface area contributed by atoms with Gasteiger partial charge in [-0.25, -0.2) is 9.37 Å². The number of hydrogen-bond acceptors (Lipinski definition) is 5. The van der Waals surface area contributed by atoms with Gasteiger partial charge in [-0.2, -0.15) is 0 Å². The molecule has 0 bridgehead atoms. The highest BCUT2D eigenvalue weighted by atomic mass is 32.1. The Morgan fingerprint density at radius 1 is 1.37 bits per heavy atom. The van der Waals surface area contributed by atoms with Crippen LogP contribution in [0.3, 0.4) is 0 Å². The summed E-state index contributed by atoms with van der Waals surface area (Å²) in [6, 6.07) is 11.8. The summed E-state index contributed by atoms with van der Waals surface area (Å²) in [6.07, 6.45) is 1.82. The minimum absolute atomic E-state index is 0.0450. The number of nitrogens with zero attached hydrogens (tertiary/aromatic N) is 2. The molecule has 1 aliphatic heterocycles. The Bertz CT molecular complexity index is 969. The Morgan fingerprint density at radius 3 is 2.96 bits per heavy atom. The van der Waals surface area contributed by atoms with Gasteiger partial charge >= 0.3 is 0 Å². The molecule has 0 aliphatic carbocycles. The number of aromatic nitrogens is 1. The number of carbonyl (C=O) groups excluding carboxylic acids is 1. The van der Waals surface area contributed by atoms with Crippen molar-refractivity contribution in [3.05, 3.63) is 53.8 Å². The standard InChI is InChI=1S/C20H19FN2O3S/c1-25-14-6-2-5-13(11-14)19(24)23(12-15-7-4-10-26-15)20-22-18-16(21)8-3-9-17(18)27-20/h2-3,5-6,8-9,11,15H,4,7,10,12H2,1H3. The van der Waals surface area contributed by atoms with Gasteiger partial charge < -0.3 is 9.47 Å². The second kappa shape index (κ2) is 7.62. The van der Waals surface area contributed by atoms with E-state index < -0.39 is 0 Å². The molecule has 2 heterocycles. The second-order valence-corrected chi connectivity index (χ2v) is 7.37. The molecule has 0 N–H and O–H groups in total. The summed E-state index contributed by atoms with van der Waals surface area (Å²) < 4.78 is 25.7. The SMILES string of the molecule is COc1cccc(C(=O)N(CC2CCCO2)c2nc3c(F)cccc3s2)c1. The van der Waals surface area contributed by atoms with Crippen LogP contribution in [-0.4, -0.2) is 37.3 Å². The molecule has 2 aromatic carbocycles. The zero-order valence-corrected chi connectivity index (χ0v) is 15.7. The fraction of sp³-hybridized carbons (Fsp3) is 0.300. The third-order valence-corrected chi connectivity index (χ3v) is 5.60. The number of methoxy groups -OCH3 is 1. The van der Waals surface area contributed by atoms with Gasteiger partial charge in [-0.15, -0.1) is 0 Å². The third kappa shape index (κ3) is 3.65. The molecule has 0 saturated carbocycles. The zero-order valence-electron chi connectivity index (χ0n) is 14.9. The maximum absolute atomic E-state index is 14.1. The van der Waals surface area contributed by atoms with Gasteiger partial charge in [0.05, 0.1) is 24.5 Å². The van der Waals surface area contributed by atoms with Gasteiger partial charge in [0, 0.05) is 12.2 Å². The lowest BCUT2D eigenvalue weighted by molar-refractivity contribution is 0.0917. The molecule has 1 fully saturated rings. The monoisotopic (exact) mass is 386 g/mol. The lowest BCUT2D eigenvalue weighted by Crippen LogP contribution is -2.37. The quantitative estimate of drug-likeness (QED) is 0.657.